The Balaban J connectivity index is 2.48. The Morgan fingerprint density at radius 2 is 1.64 bits per heavy atom. The van der Waals surface area contributed by atoms with E-state index in [0.717, 1.165) is 12.0 Å². The van der Waals surface area contributed by atoms with Crippen LogP contribution in [0.3, 0.4) is 0 Å². The monoisotopic (exact) mass is 581 g/mol. The third-order valence-electron chi connectivity index (χ3n) is 5.61. The molecule has 0 aliphatic heterocycles. The number of sulfonamides is 1. The van der Waals surface area contributed by atoms with Gasteiger partial charge in [-0.05, 0) is 75.4 Å². The number of ether oxygens (including phenoxy) is 2. The van der Waals surface area contributed by atoms with Crippen molar-refractivity contribution in [3.8, 4) is 5.75 Å². The lowest BCUT2D eigenvalue weighted by atomic mass is 10.1. The van der Waals surface area contributed by atoms with Gasteiger partial charge in [-0.25, -0.2) is 22.2 Å². The number of anilines is 1. The Labute approximate surface area is 234 Å². The summed E-state index contributed by atoms with van der Waals surface area (Å²) in [7, 11) is -7.45. The molecule has 0 saturated heterocycles. The van der Waals surface area contributed by atoms with Gasteiger partial charge >= 0.3 is 6.09 Å². The van der Waals surface area contributed by atoms with Crippen molar-refractivity contribution in [1.82, 2.24) is 4.90 Å². The highest BCUT2D eigenvalue weighted by molar-refractivity contribution is 7.93. The largest absolute Gasteiger partial charge is 0.472 e. The first-order valence-electron chi connectivity index (χ1n) is 13.1. The van der Waals surface area contributed by atoms with Gasteiger partial charge in [0.05, 0.1) is 25.2 Å². The van der Waals surface area contributed by atoms with Crippen LogP contribution in [0.15, 0.2) is 52.3 Å². The van der Waals surface area contributed by atoms with Crippen molar-refractivity contribution >= 4 is 31.5 Å². The van der Waals surface area contributed by atoms with Crippen molar-refractivity contribution in [1.29, 1.82) is 4.78 Å². The zero-order valence-corrected chi connectivity index (χ0v) is 25.9. The minimum absolute atomic E-state index is 0.0386. The van der Waals surface area contributed by atoms with Gasteiger partial charge in [0.2, 0.25) is 0 Å². The number of nitrogens with one attached hydrogen (secondary N) is 1. The Kier molecular flexibility index (Phi) is 10.8. The van der Waals surface area contributed by atoms with E-state index < -0.39 is 31.4 Å². The Hall–Kier alpha value is -2.79. The number of amides is 1. The predicted molar refractivity (Wildman–Crippen MR) is 155 cm³/mol. The average Bonchev–Trinajstić information content (AvgIpc) is 2.83. The zero-order valence-electron chi connectivity index (χ0n) is 24.3. The summed E-state index contributed by atoms with van der Waals surface area (Å²) in [5, 5.41) is 0. The summed E-state index contributed by atoms with van der Waals surface area (Å²) < 4.78 is 61.5. The number of benzene rings is 2. The standard InChI is InChI=1S/C28H43N3O6S2/c1-9-17-30(27(32)37-28(5,6)7)20-36-25-16-15-24(18-26(25)38(8,29)33)39(34,35)31(19-21(3)4)23-13-11-22(10-2)12-14-23/h11-16,18,21,29H,9-10,17,19-20H2,1-8H3. The van der Waals surface area contributed by atoms with Gasteiger partial charge in [-0.2, -0.15) is 0 Å². The molecule has 39 heavy (non-hydrogen) atoms. The summed E-state index contributed by atoms with van der Waals surface area (Å²) in [5.41, 5.74) is 0.924. The minimum Gasteiger partial charge on any atom is -0.472 e. The van der Waals surface area contributed by atoms with E-state index in [1.54, 1.807) is 32.9 Å². The molecule has 2 aromatic carbocycles. The first-order valence-corrected chi connectivity index (χ1v) is 16.5. The SMILES string of the molecule is CCCN(COc1ccc(S(=O)(=O)N(CC(C)C)c2ccc(CC)cc2)cc1S(C)(=N)=O)C(=O)OC(C)(C)C. The van der Waals surface area contributed by atoms with E-state index in [9.17, 15) is 17.4 Å². The molecule has 0 aliphatic carbocycles. The van der Waals surface area contributed by atoms with Crippen molar-refractivity contribution in [2.24, 2.45) is 5.92 Å². The van der Waals surface area contributed by atoms with Crippen LogP contribution in [0.25, 0.3) is 0 Å². The summed E-state index contributed by atoms with van der Waals surface area (Å²) in [6, 6.07) is 11.4. The molecule has 0 aromatic heterocycles. The molecule has 0 radical (unpaired) electrons. The van der Waals surface area contributed by atoms with Crippen molar-refractivity contribution in [3.63, 3.8) is 0 Å². The molecule has 0 spiro atoms. The summed E-state index contributed by atoms with van der Waals surface area (Å²) in [6.45, 7) is 13.5. The fourth-order valence-electron chi connectivity index (χ4n) is 3.72. The van der Waals surface area contributed by atoms with E-state index in [1.165, 1.54) is 33.7 Å². The lowest BCUT2D eigenvalue weighted by Crippen LogP contribution is -2.39. The number of hydrogen-bond donors (Lipinski definition) is 1. The topological polar surface area (TPSA) is 117 Å². The Morgan fingerprint density at radius 3 is 2.13 bits per heavy atom. The smallest absolute Gasteiger partial charge is 0.412 e. The average molecular weight is 582 g/mol. The zero-order chi connectivity index (χ0) is 29.6. The van der Waals surface area contributed by atoms with Crippen LogP contribution in [0, 0.1) is 10.7 Å². The summed E-state index contributed by atoms with van der Waals surface area (Å²) >= 11 is 0. The number of hydrogen-bond acceptors (Lipinski definition) is 7. The van der Waals surface area contributed by atoms with Gasteiger partial charge in [0.15, 0.2) is 6.73 Å². The molecule has 1 unspecified atom stereocenters. The second-order valence-electron chi connectivity index (χ2n) is 10.9. The predicted octanol–water partition coefficient (Wildman–Crippen LogP) is 6.12. The number of carbonyl (C=O) groups is 1. The summed E-state index contributed by atoms with van der Waals surface area (Å²) in [5.74, 6) is 0.112. The highest BCUT2D eigenvalue weighted by Gasteiger charge is 2.28. The molecule has 0 fully saturated rings. The van der Waals surface area contributed by atoms with E-state index in [4.69, 9.17) is 14.3 Å². The molecule has 0 saturated carbocycles. The lowest BCUT2D eigenvalue weighted by molar-refractivity contribution is 0.00961. The number of aryl methyl sites for hydroxylation is 1. The third kappa shape index (κ3) is 9.13. The number of nitrogens with zero attached hydrogens (tertiary/aromatic N) is 2. The van der Waals surface area contributed by atoms with Crippen LogP contribution in [0.1, 0.15) is 60.5 Å². The highest BCUT2D eigenvalue weighted by Crippen LogP contribution is 2.31. The molecule has 0 heterocycles. The minimum atomic E-state index is -4.06. The first kappa shape index (κ1) is 32.4. The molecule has 218 valence electrons. The second-order valence-corrected chi connectivity index (χ2v) is 14.9. The van der Waals surface area contributed by atoms with Crippen LogP contribution >= 0.6 is 0 Å². The molecule has 1 amide bonds. The van der Waals surface area contributed by atoms with Crippen LogP contribution in [0.2, 0.25) is 0 Å². The maximum Gasteiger partial charge on any atom is 0.412 e. The molecule has 0 bridgehead atoms. The highest BCUT2D eigenvalue weighted by atomic mass is 32.2. The van der Waals surface area contributed by atoms with Crippen molar-refractivity contribution in [2.75, 3.05) is 30.4 Å². The van der Waals surface area contributed by atoms with E-state index in [0.29, 0.717) is 18.7 Å². The van der Waals surface area contributed by atoms with Crippen LogP contribution < -0.4 is 9.04 Å². The normalized spacial score (nSPS) is 13.6. The van der Waals surface area contributed by atoms with Gasteiger partial charge in [0.1, 0.15) is 11.4 Å². The van der Waals surface area contributed by atoms with E-state index >= 15 is 0 Å². The van der Waals surface area contributed by atoms with Crippen LogP contribution in [-0.4, -0.2) is 55.3 Å². The van der Waals surface area contributed by atoms with Gasteiger partial charge in [-0.15, -0.1) is 0 Å². The summed E-state index contributed by atoms with van der Waals surface area (Å²) in [6.07, 6.45) is 2.13. The van der Waals surface area contributed by atoms with E-state index in [-0.39, 0.29) is 34.7 Å². The van der Waals surface area contributed by atoms with Gasteiger partial charge in [-0.3, -0.25) is 9.21 Å². The molecule has 0 aliphatic rings. The van der Waals surface area contributed by atoms with E-state index in [1.807, 2.05) is 39.8 Å². The molecular weight excluding hydrogens is 538 g/mol. The summed E-state index contributed by atoms with van der Waals surface area (Å²) in [4.78, 5) is 13.8. The number of carbonyl (C=O) groups excluding carboxylic acids is 1. The molecule has 1 N–H and O–H groups in total. The Morgan fingerprint density at radius 1 is 1.03 bits per heavy atom. The van der Waals surface area contributed by atoms with Gasteiger partial charge in [-0.1, -0.05) is 39.8 Å². The molecule has 2 rings (SSSR count). The second kappa shape index (κ2) is 13.0. The van der Waals surface area contributed by atoms with Gasteiger partial charge in [0.25, 0.3) is 10.0 Å². The van der Waals surface area contributed by atoms with Crippen molar-refractivity contribution < 1.29 is 26.9 Å². The first-order chi connectivity index (χ1) is 18.0. The fourth-order valence-corrected chi connectivity index (χ4v) is 6.32. The molecular formula is C28H43N3O6S2. The van der Waals surface area contributed by atoms with Crippen LogP contribution in [0.4, 0.5) is 10.5 Å². The Bertz CT molecular complexity index is 1330. The van der Waals surface area contributed by atoms with Crippen molar-refractivity contribution in [2.45, 2.75) is 76.7 Å². The van der Waals surface area contributed by atoms with Crippen LogP contribution in [-0.2, 0) is 30.9 Å². The van der Waals surface area contributed by atoms with Crippen molar-refractivity contribution in [3.05, 3.63) is 48.0 Å². The fraction of sp³-hybridized carbons (Fsp3) is 0.536. The van der Waals surface area contributed by atoms with Gasteiger partial charge < -0.3 is 9.47 Å². The molecule has 2 aromatic rings. The molecule has 1 atom stereocenters. The third-order valence-corrected chi connectivity index (χ3v) is 8.56. The molecule has 11 heteroatoms. The quantitative estimate of drug-likeness (QED) is 0.302. The maximum atomic E-state index is 13.8. The molecule has 9 nitrogen and oxygen atoms in total. The van der Waals surface area contributed by atoms with Crippen LogP contribution in [0.5, 0.6) is 5.75 Å². The lowest BCUT2D eigenvalue weighted by Gasteiger charge is -2.28. The van der Waals surface area contributed by atoms with E-state index in [2.05, 4.69) is 0 Å². The number of rotatable bonds is 12. The van der Waals surface area contributed by atoms with Gasteiger partial charge in [0, 0.05) is 19.3 Å². The maximum absolute atomic E-state index is 13.8.